The van der Waals surface area contributed by atoms with E-state index in [0.29, 0.717) is 0 Å². The molecule has 33 heavy (non-hydrogen) atoms. The predicted octanol–water partition coefficient (Wildman–Crippen LogP) is 8.18. The van der Waals surface area contributed by atoms with Gasteiger partial charge in [0, 0.05) is 32.3 Å². The Balaban J connectivity index is 1.43. The summed E-state index contributed by atoms with van der Waals surface area (Å²) in [4.78, 5) is 0. The third kappa shape index (κ3) is 2.94. The van der Waals surface area contributed by atoms with Gasteiger partial charge in [0.1, 0.15) is 10.0 Å². The highest BCUT2D eigenvalue weighted by Gasteiger charge is 2.16. The van der Waals surface area contributed by atoms with E-state index in [0.717, 1.165) is 26.8 Å². The van der Waals surface area contributed by atoms with Crippen LogP contribution in [0.4, 0.5) is 0 Å². The predicted molar refractivity (Wildman–Crippen MR) is 141 cm³/mol. The fraction of sp³-hybridized carbons (Fsp3) is 0. The fourth-order valence-electron chi connectivity index (χ4n) is 4.57. The van der Waals surface area contributed by atoms with Gasteiger partial charge in [-0.15, -0.1) is 21.5 Å². The second-order valence-electron chi connectivity index (χ2n) is 7.98. The molecule has 0 fully saturated rings. The molecule has 7 aromatic rings. The molecule has 7 rings (SSSR count). The van der Waals surface area contributed by atoms with Crippen LogP contribution in [-0.2, 0) is 0 Å². The second-order valence-corrected chi connectivity index (χ2v) is 9.87. The summed E-state index contributed by atoms with van der Waals surface area (Å²) in [5.74, 6) is 0. The smallest absolute Gasteiger partial charge is 0.148 e. The lowest BCUT2D eigenvalue weighted by molar-refractivity contribution is 1.10. The zero-order valence-electron chi connectivity index (χ0n) is 17.5. The Bertz CT molecular complexity index is 1770. The SMILES string of the molecule is c1ccc(-c2nnc(-c3cccc(-n4c5ccccc5c5c6sccc6ccc54)c3)s2)cc1. The van der Waals surface area contributed by atoms with E-state index >= 15 is 0 Å². The van der Waals surface area contributed by atoms with Crippen molar-refractivity contribution in [3.8, 4) is 26.8 Å². The molecule has 3 heterocycles. The maximum Gasteiger partial charge on any atom is 0.148 e. The van der Waals surface area contributed by atoms with Crippen LogP contribution >= 0.6 is 22.7 Å². The molecule has 0 amide bonds. The van der Waals surface area contributed by atoms with Crippen molar-refractivity contribution in [3.05, 3.63) is 102 Å². The Morgan fingerprint density at radius 2 is 1.42 bits per heavy atom. The first-order valence-electron chi connectivity index (χ1n) is 10.8. The summed E-state index contributed by atoms with van der Waals surface area (Å²) in [6, 6.07) is 34.2. The first-order valence-corrected chi connectivity index (χ1v) is 12.5. The molecule has 0 N–H and O–H groups in total. The molecule has 0 aliphatic heterocycles. The minimum Gasteiger partial charge on any atom is -0.309 e. The molecule has 0 aliphatic rings. The zero-order valence-corrected chi connectivity index (χ0v) is 19.1. The van der Waals surface area contributed by atoms with Crippen molar-refractivity contribution in [2.45, 2.75) is 0 Å². The lowest BCUT2D eigenvalue weighted by atomic mass is 10.1. The Morgan fingerprint density at radius 3 is 2.33 bits per heavy atom. The number of fused-ring (bicyclic) bond motifs is 5. The Kier molecular flexibility index (Phi) is 4.19. The molecule has 0 unspecified atom stereocenters. The number of thiophene rings is 1. The van der Waals surface area contributed by atoms with Crippen LogP contribution in [0.3, 0.4) is 0 Å². The van der Waals surface area contributed by atoms with Gasteiger partial charge in [0.2, 0.25) is 0 Å². The fourth-order valence-corrected chi connectivity index (χ4v) is 6.37. The molecule has 0 bridgehead atoms. The van der Waals surface area contributed by atoms with Crippen LogP contribution < -0.4 is 0 Å². The van der Waals surface area contributed by atoms with Gasteiger partial charge in [0.25, 0.3) is 0 Å². The molecule has 3 nitrogen and oxygen atoms in total. The van der Waals surface area contributed by atoms with Crippen LogP contribution in [0.15, 0.2) is 102 Å². The first kappa shape index (κ1) is 18.7. The topological polar surface area (TPSA) is 30.7 Å². The third-order valence-corrected chi connectivity index (χ3v) is 8.02. The standard InChI is InChI=1S/C28H17N3S2/c1-2-7-19(8-3-1)27-29-30-28(33-27)20-9-6-10-21(17-20)31-23-12-5-4-11-22(23)25-24(31)14-13-18-15-16-32-26(18)25/h1-17H. The van der Waals surface area contributed by atoms with Crippen LogP contribution in [0, 0.1) is 0 Å². The van der Waals surface area contributed by atoms with Gasteiger partial charge >= 0.3 is 0 Å². The minimum absolute atomic E-state index is 0.928. The lowest BCUT2D eigenvalue weighted by Crippen LogP contribution is -1.94. The van der Waals surface area contributed by atoms with E-state index in [9.17, 15) is 0 Å². The molecular weight excluding hydrogens is 442 g/mol. The van der Waals surface area contributed by atoms with E-state index in [2.05, 4.69) is 99.0 Å². The molecule has 0 aliphatic carbocycles. The molecule has 0 saturated carbocycles. The van der Waals surface area contributed by atoms with Crippen molar-refractivity contribution < 1.29 is 0 Å². The molecule has 156 valence electrons. The molecule has 4 aromatic carbocycles. The minimum atomic E-state index is 0.928. The van der Waals surface area contributed by atoms with Gasteiger partial charge in [-0.25, -0.2) is 0 Å². The molecule has 0 saturated heterocycles. The van der Waals surface area contributed by atoms with Crippen LogP contribution in [0.5, 0.6) is 0 Å². The average molecular weight is 460 g/mol. The molecule has 0 radical (unpaired) electrons. The average Bonchev–Trinajstić information content (AvgIpc) is 3.61. The van der Waals surface area contributed by atoms with E-state index in [1.807, 2.05) is 29.5 Å². The highest BCUT2D eigenvalue weighted by atomic mass is 32.1. The normalized spacial score (nSPS) is 11.6. The number of rotatable bonds is 3. The lowest BCUT2D eigenvalue weighted by Gasteiger charge is -2.09. The van der Waals surface area contributed by atoms with Gasteiger partial charge in [-0.3, -0.25) is 0 Å². The van der Waals surface area contributed by atoms with Gasteiger partial charge in [0.05, 0.1) is 11.0 Å². The van der Waals surface area contributed by atoms with Crippen molar-refractivity contribution in [2.24, 2.45) is 0 Å². The largest absolute Gasteiger partial charge is 0.309 e. The summed E-state index contributed by atoms with van der Waals surface area (Å²) in [7, 11) is 0. The van der Waals surface area contributed by atoms with E-state index in [1.54, 1.807) is 11.3 Å². The highest BCUT2D eigenvalue weighted by molar-refractivity contribution is 7.18. The van der Waals surface area contributed by atoms with Gasteiger partial charge in [-0.1, -0.05) is 78.1 Å². The van der Waals surface area contributed by atoms with Crippen molar-refractivity contribution in [2.75, 3.05) is 0 Å². The van der Waals surface area contributed by atoms with Crippen LogP contribution in [0.2, 0.25) is 0 Å². The number of benzene rings is 4. The highest BCUT2D eigenvalue weighted by Crippen LogP contribution is 2.39. The van der Waals surface area contributed by atoms with E-state index in [-0.39, 0.29) is 0 Å². The molecule has 3 aromatic heterocycles. The third-order valence-electron chi connectivity index (χ3n) is 6.05. The van der Waals surface area contributed by atoms with Crippen molar-refractivity contribution in [1.82, 2.24) is 14.8 Å². The Labute approximate surface area is 198 Å². The Hall–Kier alpha value is -3.80. The van der Waals surface area contributed by atoms with Gasteiger partial charge < -0.3 is 4.57 Å². The van der Waals surface area contributed by atoms with Crippen LogP contribution in [0.1, 0.15) is 0 Å². The monoisotopic (exact) mass is 459 g/mol. The molecule has 0 spiro atoms. The molecule has 5 heteroatoms. The van der Waals surface area contributed by atoms with Crippen LogP contribution in [-0.4, -0.2) is 14.8 Å². The molecule has 0 atom stereocenters. The summed E-state index contributed by atoms with van der Waals surface area (Å²) in [5, 5.41) is 16.9. The maximum absolute atomic E-state index is 4.50. The number of para-hydroxylation sites is 1. The number of nitrogens with zero attached hydrogens (tertiary/aromatic N) is 3. The van der Waals surface area contributed by atoms with Crippen molar-refractivity contribution in [3.63, 3.8) is 0 Å². The summed E-state index contributed by atoms with van der Waals surface area (Å²) in [6.07, 6.45) is 0. The van der Waals surface area contributed by atoms with E-state index in [1.165, 1.54) is 31.9 Å². The Morgan fingerprint density at radius 1 is 0.636 bits per heavy atom. The zero-order chi connectivity index (χ0) is 21.8. The summed E-state index contributed by atoms with van der Waals surface area (Å²) in [5.41, 5.74) is 5.75. The number of aromatic nitrogens is 3. The van der Waals surface area contributed by atoms with Gasteiger partial charge in [0.15, 0.2) is 0 Å². The van der Waals surface area contributed by atoms with Crippen molar-refractivity contribution >= 4 is 54.6 Å². The quantitative estimate of drug-likeness (QED) is 0.267. The van der Waals surface area contributed by atoms with Crippen LogP contribution in [0.25, 0.3) is 58.7 Å². The van der Waals surface area contributed by atoms with E-state index < -0.39 is 0 Å². The van der Waals surface area contributed by atoms with Crippen molar-refractivity contribution in [1.29, 1.82) is 0 Å². The summed E-state index contributed by atoms with van der Waals surface area (Å²) in [6.45, 7) is 0. The number of hydrogen-bond donors (Lipinski definition) is 0. The first-order chi connectivity index (χ1) is 16.4. The number of hydrogen-bond acceptors (Lipinski definition) is 4. The second kappa shape index (κ2) is 7.37. The maximum atomic E-state index is 4.50. The molecular formula is C28H17N3S2. The van der Waals surface area contributed by atoms with Gasteiger partial charge in [-0.2, -0.15) is 0 Å². The van der Waals surface area contributed by atoms with Gasteiger partial charge in [-0.05, 0) is 41.1 Å². The van der Waals surface area contributed by atoms with E-state index in [4.69, 9.17) is 0 Å². The summed E-state index contributed by atoms with van der Waals surface area (Å²) >= 11 is 3.44. The summed E-state index contributed by atoms with van der Waals surface area (Å²) < 4.78 is 3.71.